The molecule has 30 heavy (non-hydrogen) atoms. The lowest BCUT2D eigenvalue weighted by Gasteiger charge is -2.34. The molecular weight excluding hydrogens is 402 g/mol. The molecule has 1 N–H and O–H groups in total. The summed E-state index contributed by atoms with van der Waals surface area (Å²) < 4.78 is 25.7. The van der Waals surface area contributed by atoms with Crippen LogP contribution in [0.2, 0.25) is 0 Å². The third kappa shape index (κ3) is 5.16. The maximum atomic E-state index is 12.6. The summed E-state index contributed by atoms with van der Waals surface area (Å²) in [5.41, 5.74) is 2.22. The Morgan fingerprint density at radius 3 is 2.37 bits per heavy atom. The smallest absolute Gasteiger partial charge is 0.321 e. The molecule has 1 aliphatic heterocycles. The second kappa shape index (κ2) is 9.26. The van der Waals surface area contributed by atoms with Crippen LogP contribution in [0.3, 0.4) is 0 Å². The van der Waals surface area contributed by atoms with Crippen molar-refractivity contribution in [3.05, 3.63) is 59.7 Å². The van der Waals surface area contributed by atoms with E-state index in [1.807, 2.05) is 24.3 Å². The van der Waals surface area contributed by atoms with E-state index in [1.54, 1.807) is 17.0 Å². The highest BCUT2D eigenvalue weighted by atomic mass is 32.2. The van der Waals surface area contributed by atoms with Crippen molar-refractivity contribution in [3.8, 4) is 6.07 Å². The van der Waals surface area contributed by atoms with Crippen LogP contribution >= 0.6 is 0 Å². The second-order valence-corrected chi connectivity index (χ2v) is 9.47. The molecule has 0 unspecified atom stereocenters. The average molecular weight is 428 g/mol. The Bertz CT molecular complexity index is 1040. The van der Waals surface area contributed by atoms with Gasteiger partial charge in [0.05, 0.1) is 16.5 Å². The van der Waals surface area contributed by atoms with Gasteiger partial charge in [-0.2, -0.15) is 5.26 Å². The lowest BCUT2D eigenvalue weighted by molar-refractivity contribution is 0.143. The van der Waals surface area contributed by atoms with Crippen molar-refractivity contribution in [1.82, 2.24) is 14.1 Å². The fraction of sp³-hybridized carbons (Fsp3) is 0.333. The van der Waals surface area contributed by atoms with E-state index in [1.165, 1.54) is 26.2 Å². The number of carbonyl (C=O) groups is 1. The van der Waals surface area contributed by atoms with Crippen LogP contribution in [-0.4, -0.2) is 68.8 Å². The van der Waals surface area contributed by atoms with Crippen LogP contribution in [0.1, 0.15) is 11.1 Å². The Labute approximate surface area is 177 Å². The maximum absolute atomic E-state index is 12.6. The number of hydrogen-bond donors (Lipinski definition) is 1. The summed E-state index contributed by atoms with van der Waals surface area (Å²) in [6.45, 7) is 3.41. The molecule has 1 heterocycles. The van der Waals surface area contributed by atoms with Gasteiger partial charge in [0, 0.05) is 52.5 Å². The molecule has 0 bridgehead atoms. The van der Waals surface area contributed by atoms with E-state index in [0.717, 1.165) is 29.5 Å². The Hall–Kier alpha value is -2.93. The predicted octanol–water partition coefficient (Wildman–Crippen LogP) is 2.16. The summed E-state index contributed by atoms with van der Waals surface area (Å²) >= 11 is 0. The molecule has 0 spiro atoms. The number of hydrogen-bond acceptors (Lipinski definition) is 5. The number of carbonyl (C=O) groups excluding carboxylic acids is 1. The first kappa shape index (κ1) is 21.8. The molecule has 1 fully saturated rings. The highest BCUT2D eigenvalue weighted by Gasteiger charge is 2.22. The molecule has 3 rings (SSSR count). The molecule has 1 saturated heterocycles. The first-order valence-electron chi connectivity index (χ1n) is 9.59. The van der Waals surface area contributed by atoms with Crippen molar-refractivity contribution < 1.29 is 13.2 Å². The van der Waals surface area contributed by atoms with Gasteiger partial charge >= 0.3 is 6.03 Å². The number of amides is 2. The van der Waals surface area contributed by atoms with Gasteiger partial charge in [-0.05, 0) is 35.9 Å². The van der Waals surface area contributed by atoms with Crippen LogP contribution in [-0.2, 0) is 16.6 Å². The van der Waals surface area contributed by atoms with E-state index in [2.05, 4.69) is 16.3 Å². The minimum Gasteiger partial charge on any atom is -0.322 e. The van der Waals surface area contributed by atoms with Gasteiger partial charge in [-0.15, -0.1) is 0 Å². The topological polar surface area (TPSA) is 96.8 Å². The van der Waals surface area contributed by atoms with Gasteiger partial charge < -0.3 is 10.2 Å². The molecule has 0 saturated carbocycles. The fourth-order valence-corrected chi connectivity index (χ4v) is 4.15. The summed E-state index contributed by atoms with van der Waals surface area (Å²) in [6.07, 6.45) is 0. The first-order valence-corrected chi connectivity index (χ1v) is 11.0. The molecule has 9 heteroatoms. The molecule has 158 valence electrons. The van der Waals surface area contributed by atoms with E-state index in [9.17, 15) is 13.2 Å². The van der Waals surface area contributed by atoms with E-state index in [0.29, 0.717) is 24.3 Å². The molecule has 2 amide bonds. The Morgan fingerprint density at radius 1 is 1.10 bits per heavy atom. The number of anilines is 1. The van der Waals surface area contributed by atoms with Crippen molar-refractivity contribution in [2.75, 3.05) is 45.6 Å². The fourth-order valence-electron chi connectivity index (χ4n) is 3.20. The van der Waals surface area contributed by atoms with Gasteiger partial charge in [-0.1, -0.05) is 18.2 Å². The Kier molecular flexibility index (Phi) is 6.72. The summed E-state index contributed by atoms with van der Waals surface area (Å²) in [5.74, 6) is 0. The number of nitrogens with zero attached hydrogens (tertiary/aromatic N) is 4. The van der Waals surface area contributed by atoms with E-state index < -0.39 is 10.0 Å². The van der Waals surface area contributed by atoms with E-state index in [-0.39, 0.29) is 10.9 Å². The summed E-state index contributed by atoms with van der Waals surface area (Å²) in [5, 5.41) is 11.7. The number of nitrogens with one attached hydrogen (secondary N) is 1. The third-order valence-corrected chi connectivity index (χ3v) is 6.82. The minimum absolute atomic E-state index is 0.137. The molecule has 0 radical (unpaired) electrons. The summed E-state index contributed by atoms with van der Waals surface area (Å²) in [7, 11) is -0.617. The van der Waals surface area contributed by atoms with Gasteiger partial charge in [-0.25, -0.2) is 17.5 Å². The number of sulfonamides is 1. The average Bonchev–Trinajstić information content (AvgIpc) is 2.75. The Balaban J connectivity index is 1.55. The van der Waals surface area contributed by atoms with Crippen LogP contribution in [0.4, 0.5) is 10.5 Å². The lowest BCUT2D eigenvalue weighted by atomic mass is 10.1. The molecule has 0 atom stereocenters. The number of piperazine rings is 1. The largest absolute Gasteiger partial charge is 0.322 e. The highest BCUT2D eigenvalue weighted by Crippen LogP contribution is 2.19. The van der Waals surface area contributed by atoms with Gasteiger partial charge in [0.2, 0.25) is 10.0 Å². The summed E-state index contributed by atoms with van der Waals surface area (Å²) in [6, 6.07) is 15.6. The van der Waals surface area contributed by atoms with Crippen LogP contribution in [0.25, 0.3) is 0 Å². The molecule has 0 aliphatic carbocycles. The zero-order valence-corrected chi connectivity index (χ0v) is 17.9. The van der Waals surface area contributed by atoms with Crippen LogP contribution in [0.15, 0.2) is 53.4 Å². The van der Waals surface area contributed by atoms with E-state index in [4.69, 9.17) is 5.26 Å². The monoisotopic (exact) mass is 427 g/mol. The van der Waals surface area contributed by atoms with E-state index >= 15 is 0 Å². The molecular formula is C21H25N5O3S. The maximum Gasteiger partial charge on any atom is 0.321 e. The van der Waals surface area contributed by atoms with Crippen LogP contribution in [0.5, 0.6) is 0 Å². The predicted molar refractivity (Wildman–Crippen MR) is 114 cm³/mol. The number of nitriles is 1. The first-order chi connectivity index (χ1) is 14.3. The number of rotatable bonds is 5. The molecule has 2 aromatic carbocycles. The van der Waals surface area contributed by atoms with Gasteiger partial charge in [0.25, 0.3) is 0 Å². The molecule has 8 nitrogen and oxygen atoms in total. The van der Waals surface area contributed by atoms with Crippen LogP contribution in [0, 0.1) is 11.3 Å². The van der Waals surface area contributed by atoms with Crippen molar-refractivity contribution in [2.24, 2.45) is 0 Å². The molecule has 2 aromatic rings. The number of urea groups is 1. The van der Waals surface area contributed by atoms with Gasteiger partial charge in [0.15, 0.2) is 0 Å². The SMILES string of the molecule is CN(C)S(=O)(=O)c1cccc(NC(=O)N2CCN(Cc3ccc(C#N)cc3)CC2)c1. The summed E-state index contributed by atoms with van der Waals surface area (Å²) in [4.78, 5) is 16.7. The van der Waals surface area contributed by atoms with Gasteiger partial charge in [0.1, 0.15) is 0 Å². The zero-order valence-electron chi connectivity index (χ0n) is 17.1. The minimum atomic E-state index is -3.56. The Morgan fingerprint density at radius 2 is 1.77 bits per heavy atom. The standard InChI is InChI=1S/C21H25N5O3S/c1-24(2)30(28,29)20-5-3-4-19(14-20)23-21(27)26-12-10-25(11-13-26)16-18-8-6-17(15-22)7-9-18/h3-9,14H,10-13,16H2,1-2H3,(H,23,27). The van der Waals surface area contributed by atoms with Crippen LogP contribution < -0.4 is 5.32 Å². The van der Waals surface area contributed by atoms with Crippen molar-refractivity contribution in [2.45, 2.75) is 11.4 Å². The van der Waals surface area contributed by atoms with Crippen molar-refractivity contribution >= 4 is 21.7 Å². The normalized spacial score (nSPS) is 15.1. The number of benzene rings is 2. The van der Waals surface area contributed by atoms with Crippen molar-refractivity contribution in [3.63, 3.8) is 0 Å². The third-order valence-electron chi connectivity index (χ3n) is 5.01. The molecule has 1 aliphatic rings. The van der Waals surface area contributed by atoms with Gasteiger partial charge in [-0.3, -0.25) is 4.90 Å². The highest BCUT2D eigenvalue weighted by molar-refractivity contribution is 7.89. The quantitative estimate of drug-likeness (QED) is 0.789. The zero-order chi connectivity index (χ0) is 21.7. The lowest BCUT2D eigenvalue weighted by Crippen LogP contribution is -2.49. The molecule has 0 aromatic heterocycles. The second-order valence-electron chi connectivity index (χ2n) is 7.32. The van der Waals surface area contributed by atoms with Crippen molar-refractivity contribution in [1.29, 1.82) is 5.26 Å².